The Balaban J connectivity index is -0.0000000600. The maximum Gasteiger partial charge on any atom is 3.00 e. The Morgan fingerprint density at radius 3 is 1.60 bits per heavy atom. The normalized spacial score (nSPS) is 5.70. The number of rotatable bonds is 2. The minimum absolute atomic E-state index is 0. The van der Waals surface area contributed by atoms with E-state index in [-0.39, 0.29) is 43.0 Å². The summed E-state index contributed by atoms with van der Waals surface area (Å²) < 4.78 is 0. The smallest absolute Gasteiger partial charge is 0.550 e. The van der Waals surface area contributed by atoms with Crippen molar-refractivity contribution in [2.24, 2.45) is 0 Å². The first-order chi connectivity index (χ1) is 3.13. The molecule has 0 atom stereocenters. The molecule has 0 radical (unpaired) electrons. The van der Waals surface area contributed by atoms with Crippen molar-refractivity contribution in [2.45, 2.75) is 13.3 Å². The van der Waals surface area contributed by atoms with Crippen molar-refractivity contribution in [3.63, 3.8) is 0 Å². The first-order valence-corrected chi connectivity index (χ1v) is 1.82. The summed E-state index contributed by atoms with van der Waals surface area (Å²) in [7, 11) is 0. The molecule has 3 nitrogen and oxygen atoms in total. The van der Waals surface area contributed by atoms with E-state index in [0.717, 1.165) is 0 Å². The second-order valence-corrected chi connectivity index (χ2v) is 1.25. The largest absolute Gasteiger partial charge is 3.00 e. The second kappa shape index (κ2) is 11.6. The standard InChI is InChI=1S/C4H6O3.2CH3.Au/c1-3(5)2-4(6)7;;;/h2H2,1H3,(H,6,7);2*1H3;/q;2*-1;+3/p-1. The predicted molar refractivity (Wildman–Crippen MR) is 33.1 cm³/mol. The van der Waals surface area contributed by atoms with E-state index in [2.05, 4.69) is 0 Å². The summed E-state index contributed by atoms with van der Waals surface area (Å²) in [6, 6.07) is 0. The third-order valence-corrected chi connectivity index (χ3v) is 0.393. The molecule has 0 aromatic carbocycles. The van der Waals surface area contributed by atoms with Crippen molar-refractivity contribution in [3.8, 4) is 0 Å². The summed E-state index contributed by atoms with van der Waals surface area (Å²) in [5.74, 6) is -1.69. The number of carbonyl (C=O) groups is 2. The average molecular weight is 328 g/mol. The molecule has 0 bridgehead atoms. The SMILES string of the molecule is CC(=O)CC(=O)[O-].[Au+3].[CH3-].[CH3-]. The molecule has 10 heavy (non-hydrogen) atoms. The van der Waals surface area contributed by atoms with Crippen LogP contribution in [0.2, 0.25) is 0 Å². The van der Waals surface area contributed by atoms with Gasteiger partial charge < -0.3 is 24.8 Å². The van der Waals surface area contributed by atoms with Gasteiger partial charge in [-0.15, -0.1) is 0 Å². The topological polar surface area (TPSA) is 57.2 Å². The quantitative estimate of drug-likeness (QED) is 0.394. The second-order valence-electron chi connectivity index (χ2n) is 1.25. The summed E-state index contributed by atoms with van der Waals surface area (Å²) in [5.41, 5.74) is 0. The minimum atomic E-state index is -1.31. The fourth-order valence-electron chi connectivity index (χ4n) is 0.203. The molecule has 0 aromatic rings. The Labute approximate surface area is 77.3 Å². The number of aliphatic carboxylic acids is 1. The van der Waals surface area contributed by atoms with Gasteiger partial charge in [0.2, 0.25) is 0 Å². The monoisotopic (exact) mass is 328 g/mol. The van der Waals surface area contributed by atoms with E-state index in [1.54, 1.807) is 0 Å². The fourth-order valence-corrected chi connectivity index (χ4v) is 0.203. The Bertz CT molecular complexity index is 89.2. The number of carboxylic acids is 1. The molecule has 0 heterocycles. The number of carbonyl (C=O) groups excluding carboxylic acids is 2. The van der Waals surface area contributed by atoms with Crippen molar-refractivity contribution in [1.82, 2.24) is 0 Å². The van der Waals surface area contributed by atoms with E-state index in [0.29, 0.717) is 0 Å². The maximum atomic E-state index is 9.83. The Hall–Kier alpha value is -0.120. The van der Waals surface area contributed by atoms with E-state index >= 15 is 0 Å². The molecule has 0 spiro atoms. The van der Waals surface area contributed by atoms with Crippen molar-refractivity contribution >= 4 is 11.8 Å². The molecule has 0 amide bonds. The van der Waals surface area contributed by atoms with Crippen molar-refractivity contribution < 1.29 is 37.1 Å². The number of hydrogen-bond donors (Lipinski definition) is 0. The number of Topliss-reactive ketones (excluding diaryl/α,β-unsaturated/α-hetero) is 1. The van der Waals surface area contributed by atoms with Crippen molar-refractivity contribution in [1.29, 1.82) is 0 Å². The molecule has 64 valence electrons. The van der Waals surface area contributed by atoms with Gasteiger partial charge in [0.1, 0.15) is 5.78 Å². The van der Waals surface area contributed by atoms with E-state index in [9.17, 15) is 14.7 Å². The van der Waals surface area contributed by atoms with Gasteiger partial charge in [-0.3, -0.25) is 4.79 Å². The Kier molecular flexibility index (Phi) is 26.2. The van der Waals surface area contributed by atoms with Gasteiger partial charge in [0.05, 0.1) is 0 Å². The molecule has 0 rings (SSSR count). The predicted octanol–water partition coefficient (Wildman–Crippen LogP) is -0.387. The van der Waals surface area contributed by atoms with Crippen LogP contribution in [0.4, 0.5) is 0 Å². The van der Waals surface area contributed by atoms with Crippen LogP contribution in [-0.2, 0) is 32.0 Å². The molecule has 0 N–H and O–H groups in total. The molecule has 0 fully saturated rings. The summed E-state index contributed by atoms with van der Waals surface area (Å²) in [4.78, 5) is 19.3. The molecule has 4 heteroatoms. The van der Waals surface area contributed by atoms with Crippen LogP contribution in [-0.4, -0.2) is 11.8 Å². The summed E-state index contributed by atoms with van der Waals surface area (Å²) in [6.45, 7) is 1.20. The molecular formula is C6H11AuO3. The van der Waals surface area contributed by atoms with Gasteiger partial charge in [-0.2, -0.15) is 0 Å². The Morgan fingerprint density at radius 2 is 1.60 bits per heavy atom. The van der Waals surface area contributed by atoms with Gasteiger partial charge in [-0.05, 0) is 6.92 Å². The minimum Gasteiger partial charge on any atom is -0.550 e. The van der Waals surface area contributed by atoms with Crippen LogP contribution in [0.1, 0.15) is 13.3 Å². The van der Waals surface area contributed by atoms with Crippen LogP contribution < -0.4 is 5.11 Å². The first kappa shape index (κ1) is 22.5. The van der Waals surface area contributed by atoms with Gasteiger partial charge in [0, 0.05) is 12.4 Å². The van der Waals surface area contributed by atoms with Gasteiger partial charge in [0.15, 0.2) is 0 Å². The molecule has 0 aliphatic heterocycles. The van der Waals surface area contributed by atoms with Crippen molar-refractivity contribution in [2.75, 3.05) is 0 Å². The molecule has 0 saturated carbocycles. The maximum absolute atomic E-state index is 9.83. The summed E-state index contributed by atoms with van der Waals surface area (Å²) in [5, 5.41) is 9.48. The van der Waals surface area contributed by atoms with Crippen LogP contribution in [0.5, 0.6) is 0 Å². The zero-order chi connectivity index (χ0) is 5.86. The molecule has 0 aromatic heterocycles. The van der Waals surface area contributed by atoms with Gasteiger partial charge in [-0.25, -0.2) is 0 Å². The molecule has 0 aliphatic carbocycles. The third kappa shape index (κ3) is 24.8. The fraction of sp³-hybridized carbons (Fsp3) is 0.333. The van der Waals surface area contributed by atoms with Crippen LogP contribution in [0, 0.1) is 14.9 Å². The van der Waals surface area contributed by atoms with Crippen LogP contribution >= 0.6 is 0 Å². The van der Waals surface area contributed by atoms with E-state index in [1.165, 1.54) is 6.92 Å². The van der Waals surface area contributed by atoms with Gasteiger partial charge in [-0.1, -0.05) is 0 Å². The van der Waals surface area contributed by atoms with Gasteiger partial charge >= 0.3 is 22.4 Å². The molecule has 0 aliphatic rings. The number of carboxylic acid groups (broad SMARTS) is 1. The zero-order valence-electron chi connectivity index (χ0n) is 6.23. The van der Waals surface area contributed by atoms with Gasteiger partial charge in [0.25, 0.3) is 0 Å². The third-order valence-electron chi connectivity index (χ3n) is 0.393. The van der Waals surface area contributed by atoms with Crippen LogP contribution in [0.15, 0.2) is 0 Å². The molecular weight excluding hydrogens is 317 g/mol. The van der Waals surface area contributed by atoms with E-state index in [1.807, 2.05) is 0 Å². The molecule has 0 saturated heterocycles. The number of ketones is 1. The van der Waals surface area contributed by atoms with Crippen molar-refractivity contribution in [3.05, 3.63) is 14.9 Å². The summed E-state index contributed by atoms with van der Waals surface area (Å²) in [6.07, 6.45) is -0.472. The summed E-state index contributed by atoms with van der Waals surface area (Å²) >= 11 is 0. The van der Waals surface area contributed by atoms with E-state index < -0.39 is 12.4 Å². The first-order valence-electron chi connectivity index (χ1n) is 1.82. The number of hydrogen-bond acceptors (Lipinski definition) is 3. The average Bonchev–Trinajstić information content (AvgIpc) is 1.27. The van der Waals surface area contributed by atoms with Crippen LogP contribution in [0.3, 0.4) is 0 Å². The Morgan fingerprint density at radius 1 is 1.30 bits per heavy atom. The zero-order valence-corrected chi connectivity index (χ0v) is 8.40. The van der Waals surface area contributed by atoms with E-state index in [4.69, 9.17) is 0 Å². The van der Waals surface area contributed by atoms with Crippen LogP contribution in [0.25, 0.3) is 0 Å². The molecule has 0 unspecified atom stereocenters.